The molecule has 4 aliphatic rings. The number of carbonyl (C=O) groups is 2. The van der Waals surface area contributed by atoms with Crippen LogP contribution in [-0.4, -0.2) is 47.9 Å². The van der Waals surface area contributed by atoms with Crippen molar-refractivity contribution < 1.29 is 49.9 Å². The van der Waals surface area contributed by atoms with Gasteiger partial charge < -0.3 is 14.5 Å². The molecule has 2 fully saturated rings. The lowest BCUT2D eigenvalue weighted by atomic mass is 9.82. The minimum atomic E-state index is -5.04. The van der Waals surface area contributed by atoms with Crippen LogP contribution in [0.5, 0.6) is 0 Å². The maximum absolute atomic E-state index is 14.3. The van der Waals surface area contributed by atoms with Crippen LogP contribution < -0.4 is 0 Å². The zero-order valence-electron chi connectivity index (χ0n) is 19.9. The summed E-state index contributed by atoms with van der Waals surface area (Å²) in [5.41, 5.74) is -7.24. The summed E-state index contributed by atoms with van der Waals surface area (Å²) < 4.78 is 102. The first kappa shape index (κ1) is 27.1. The molecular formula is C25H15Cl2F7N2O4. The fourth-order valence-corrected chi connectivity index (χ4v) is 5.91. The van der Waals surface area contributed by atoms with E-state index in [0.29, 0.717) is 5.56 Å². The monoisotopic (exact) mass is 610 g/mol. The lowest BCUT2D eigenvalue weighted by molar-refractivity contribution is -0.275. The second kappa shape index (κ2) is 8.25. The van der Waals surface area contributed by atoms with Crippen molar-refractivity contribution in [3.63, 3.8) is 0 Å². The highest BCUT2D eigenvalue weighted by Crippen LogP contribution is 2.60. The van der Waals surface area contributed by atoms with Crippen molar-refractivity contribution in [3.8, 4) is 0 Å². The molecule has 2 aromatic rings. The van der Waals surface area contributed by atoms with Crippen molar-refractivity contribution in [3.05, 3.63) is 68.4 Å². The Bertz CT molecular complexity index is 1490. The molecule has 2 aromatic carbocycles. The number of hydrogen-bond acceptors (Lipinski definition) is 5. The molecule has 3 aliphatic heterocycles. The molecule has 1 saturated heterocycles. The van der Waals surface area contributed by atoms with Crippen molar-refractivity contribution in [2.45, 2.75) is 42.8 Å². The first-order valence-corrected chi connectivity index (χ1v) is 12.5. The number of hydrogen-bond donors (Lipinski definition) is 0. The van der Waals surface area contributed by atoms with E-state index in [4.69, 9.17) is 32.8 Å². The van der Waals surface area contributed by atoms with Crippen molar-refractivity contribution in [1.29, 1.82) is 0 Å². The summed E-state index contributed by atoms with van der Waals surface area (Å²) in [4.78, 5) is 31.1. The third-order valence-electron chi connectivity index (χ3n) is 7.87. The van der Waals surface area contributed by atoms with E-state index in [0.717, 1.165) is 17.0 Å². The number of likely N-dealkylation sites (tertiary alicyclic amines) is 1. The summed E-state index contributed by atoms with van der Waals surface area (Å²) >= 11 is 11.4. The van der Waals surface area contributed by atoms with Crippen LogP contribution in [0.3, 0.4) is 0 Å². The van der Waals surface area contributed by atoms with Gasteiger partial charge in [-0.05, 0) is 31.0 Å². The van der Waals surface area contributed by atoms with E-state index in [2.05, 4.69) is 5.16 Å². The first-order valence-electron chi connectivity index (χ1n) is 11.7. The number of fused-ring (bicyclic) bond motifs is 2. The Labute approximate surface area is 230 Å². The molecular weight excluding hydrogens is 596 g/mol. The molecule has 15 heteroatoms. The lowest BCUT2D eigenvalue weighted by Crippen LogP contribution is -2.63. The van der Waals surface area contributed by atoms with Crippen LogP contribution in [0.1, 0.15) is 46.3 Å². The summed E-state index contributed by atoms with van der Waals surface area (Å²) in [6, 6.07) is 5.49. The second-order valence-corrected chi connectivity index (χ2v) is 11.1. The van der Waals surface area contributed by atoms with Crippen molar-refractivity contribution in [2.75, 3.05) is 13.1 Å². The number of ether oxygens (including phenoxy) is 1. The van der Waals surface area contributed by atoms with Crippen molar-refractivity contribution in [2.24, 2.45) is 10.6 Å². The van der Waals surface area contributed by atoms with Crippen LogP contribution in [-0.2, 0) is 25.6 Å². The lowest BCUT2D eigenvalue weighted by Gasteiger charge is -2.48. The van der Waals surface area contributed by atoms with Gasteiger partial charge in [0.05, 0.1) is 34.4 Å². The predicted octanol–water partition coefficient (Wildman–Crippen LogP) is 6.27. The second-order valence-electron chi connectivity index (χ2n) is 10.3. The molecule has 6 nitrogen and oxygen atoms in total. The Morgan fingerprint density at radius 3 is 2.15 bits per heavy atom. The summed E-state index contributed by atoms with van der Waals surface area (Å²) in [6.07, 6.45) is -11.2. The van der Waals surface area contributed by atoms with Gasteiger partial charge in [-0.15, -0.1) is 0 Å². The Hall–Kier alpha value is -3.06. The van der Waals surface area contributed by atoms with Gasteiger partial charge >= 0.3 is 18.3 Å². The van der Waals surface area contributed by atoms with Gasteiger partial charge in [0.1, 0.15) is 5.41 Å². The smallest absolute Gasteiger partial charge is 0.435 e. The number of esters is 1. The van der Waals surface area contributed by atoms with Gasteiger partial charge in [-0.2, -0.15) is 26.3 Å². The third-order valence-corrected chi connectivity index (χ3v) is 8.42. The number of halogens is 9. The van der Waals surface area contributed by atoms with E-state index in [1.54, 1.807) is 0 Å². The van der Waals surface area contributed by atoms with E-state index < -0.39 is 68.7 Å². The summed E-state index contributed by atoms with van der Waals surface area (Å²) in [7, 11) is 0. The number of nitrogens with zero attached hydrogens (tertiary/aromatic N) is 2. The van der Waals surface area contributed by atoms with Crippen LogP contribution in [0.25, 0.3) is 0 Å². The molecule has 1 atom stereocenters. The highest BCUT2D eigenvalue weighted by Gasteiger charge is 2.71. The molecule has 1 amide bonds. The number of rotatable bonds is 3. The molecule has 0 bridgehead atoms. The zero-order valence-corrected chi connectivity index (χ0v) is 21.4. The quantitative estimate of drug-likeness (QED) is 0.234. The first-order chi connectivity index (χ1) is 18.5. The van der Waals surface area contributed by atoms with Crippen molar-refractivity contribution in [1.82, 2.24) is 4.90 Å². The zero-order chi connectivity index (χ0) is 29.0. The fourth-order valence-electron chi connectivity index (χ4n) is 5.42. The molecule has 6 rings (SSSR count). The number of oxime groups is 1. The number of benzene rings is 2. The van der Waals surface area contributed by atoms with Gasteiger partial charge in [0.2, 0.25) is 5.91 Å². The van der Waals surface area contributed by atoms with Crippen LogP contribution in [0.4, 0.5) is 30.7 Å². The standard InChI is InChI=1S/C25H15Cl2F7N2O4/c26-15-6-12(7-16(27)18(15)28)23(25(32,33)34)8-17(35-40-23)11-1-2-14-13(5-11)19(37)39-22(14)9-36(10-22)20(38)21(3-4-21)24(29,30)31/h1-2,5-7H,3-4,8-10H2. The summed E-state index contributed by atoms with van der Waals surface area (Å²) in [6.45, 7) is -0.565. The maximum Gasteiger partial charge on any atom is 0.435 e. The molecule has 0 N–H and O–H groups in total. The molecule has 0 aromatic heterocycles. The Morgan fingerprint density at radius 1 is 0.975 bits per heavy atom. The molecule has 212 valence electrons. The number of carbonyl (C=O) groups excluding carboxylic acids is 2. The SMILES string of the molecule is O=C1OC2(CN(C(=O)C3(C(F)(F)F)CC3)C2)c2ccc(C3=NOC(c4cc(Cl)c(F)c(Cl)c4)(C(F)(F)F)C3)cc21. The Balaban J connectivity index is 1.26. The van der Waals surface area contributed by atoms with Gasteiger partial charge in [0, 0.05) is 23.1 Å². The largest absolute Gasteiger partial charge is 0.447 e. The number of amides is 1. The number of alkyl halides is 6. The molecule has 0 radical (unpaired) electrons. The molecule has 40 heavy (non-hydrogen) atoms. The van der Waals surface area contributed by atoms with E-state index in [1.165, 1.54) is 18.2 Å². The highest BCUT2D eigenvalue weighted by atomic mass is 35.5. The van der Waals surface area contributed by atoms with E-state index >= 15 is 0 Å². The molecule has 3 heterocycles. The van der Waals surface area contributed by atoms with E-state index in [-0.39, 0.29) is 42.8 Å². The van der Waals surface area contributed by atoms with Gasteiger partial charge in [-0.25, -0.2) is 9.18 Å². The van der Waals surface area contributed by atoms with Crippen LogP contribution >= 0.6 is 23.2 Å². The molecule has 1 saturated carbocycles. The minimum Gasteiger partial charge on any atom is -0.447 e. The van der Waals surface area contributed by atoms with Crippen LogP contribution in [0.2, 0.25) is 10.0 Å². The average molecular weight is 611 g/mol. The third kappa shape index (κ3) is 3.65. The summed E-state index contributed by atoms with van der Waals surface area (Å²) in [5, 5.41) is 2.31. The molecule has 1 aliphatic carbocycles. The van der Waals surface area contributed by atoms with Crippen LogP contribution in [0, 0.1) is 11.2 Å². The van der Waals surface area contributed by atoms with Crippen molar-refractivity contribution >= 4 is 40.8 Å². The highest BCUT2D eigenvalue weighted by molar-refractivity contribution is 6.35. The van der Waals surface area contributed by atoms with Gasteiger partial charge in [0.15, 0.2) is 11.4 Å². The summed E-state index contributed by atoms with van der Waals surface area (Å²) in [5.74, 6) is -3.02. The Morgan fingerprint density at radius 2 is 1.60 bits per heavy atom. The minimum absolute atomic E-state index is 0.0263. The maximum atomic E-state index is 14.3. The molecule has 1 spiro atoms. The Kier molecular flexibility index (Phi) is 5.59. The van der Waals surface area contributed by atoms with Crippen LogP contribution in [0.15, 0.2) is 35.5 Å². The molecule has 1 unspecified atom stereocenters. The normalized spacial score (nSPS) is 24.3. The average Bonchev–Trinajstić information content (AvgIpc) is 3.46. The topological polar surface area (TPSA) is 68.2 Å². The van der Waals surface area contributed by atoms with E-state index in [1.807, 2.05) is 0 Å². The predicted molar refractivity (Wildman–Crippen MR) is 124 cm³/mol. The van der Waals surface area contributed by atoms with Gasteiger partial charge in [0.25, 0.3) is 5.60 Å². The fraction of sp³-hybridized carbons (Fsp3) is 0.400. The van der Waals surface area contributed by atoms with E-state index in [9.17, 15) is 40.3 Å². The van der Waals surface area contributed by atoms with Gasteiger partial charge in [-0.1, -0.05) is 40.5 Å². The van der Waals surface area contributed by atoms with Gasteiger partial charge in [-0.3, -0.25) is 4.79 Å².